The Morgan fingerprint density at radius 2 is 1.80 bits per heavy atom. The van der Waals surface area contributed by atoms with Crippen LogP contribution in [0.4, 0.5) is 17.3 Å². The maximum absolute atomic E-state index is 9.53. The van der Waals surface area contributed by atoms with Crippen LogP contribution in [0.3, 0.4) is 0 Å². The topological polar surface area (TPSA) is 78.5 Å². The molecule has 104 valence electrons. The summed E-state index contributed by atoms with van der Waals surface area (Å²) < 4.78 is 0. The molecule has 0 saturated carbocycles. The second-order valence-corrected chi connectivity index (χ2v) is 4.80. The highest BCUT2D eigenvalue weighted by molar-refractivity contribution is 5.52. The van der Waals surface area contributed by atoms with Crippen molar-refractivity contribution in [3.63, 3.8) is 0 Å². The second kappa shape index (κ2) is 5.24. The van der Waals surface area contributed by atoms with Crippen LogP contribution in [0, 0.1) is 0 Å². The van der Waals surface area contributed by atoms with Crippen LogP contribution in [0.2, 0.25) is 0 Å². The Bertz CT molecular complexity index is 542. The smallest absolute Gasteiger partial charge is 0.149 e. The lowest BCUT2D eigenvalue weighted by Crippen LogP contribution is -2.46. The van der Waals surface area contributed by atoms with Crippen molar-refractivity contribution in [2.24, 2.45) is 0 Å². The van der Waals surface area contributed by atoms with Crippen molar-refractivity contribution in [3.8, 4) is 5.75 Å². The van der Waals surface area contributed by atoms with Crippen LogP contribution in [0.25, 0.3) is 0 Å². The molecule has 1 saturated heterocycles. The Morgan fingerprint density at radius 3 is 2.50 bits per heavy atom. The summed E-state index contributed by atoms with van der Waals surface area (Å²) in [5, 5.41) is 9.53. The Labute approximate surface area is 117 Å². The van der Waals surface area contributed by atoms with Gasteiger partial charge < -0.3 is 20.6 Å². The molecule has 6 heteroatoms. The van der Waals surface area contributed by atoms with Crippen LogP contribution in [0.5, 0.6) is 5.75 Å². The van der Waals surface area contributed by atoms with E-state index >= 15 is 0 Å². The van der Waals surface area contributed by atoms with E-state index in [1.165, 1.54) is 0 Å². The number of aromatic nitrogens is 2. The van der Waals surface area contributed by atoms with E-state index in [1.807, 2.05) is 12.1 Å². The van der Waals surface area contributed by atoms with Crippen LogP contribution in [0.1, 0.15) is 0 Å². The number of hydrogen-bond acceptors (Lipinski definition) is 6. The van der Waals surface area contributed by atoms with Gasteiger partial charge in [0.2, 0.25) is 0 Å². The first-order valence-electron chi connectivity index (χ1n) is 6.59. The lowest BCUT2D eigenvalue weighted by atomic mass is 10.2. The number of aromatic hydroxyl groups is 1. The predicted molar refractivity (Wildman–Crippen MR) is 79.0 cm³/mol. The molecule has 3 rings (SSSR count). The number of nitrogens with zero attached hydrogens (tertiary/aromatic N) is 4. The molecule has 1 aliphatic heterocycles. The number of piperazine rings is 1. The largest absolute Gasteiger partial charge is 0.508 e. The summed E-state index contributed by atoms with van der Waals surface area (Å²) in [7, 11) is 0. The van der Waals surface area contributed by atoms with Crippen LogP contribution in [-0.2, 0) is 0 Å². The lowest BCUT2D eigenvalue weighted by molar-refractivity contribution is 0.475. The molecule has 0 radical (unpaired) electrons. The van der Waals surface area contributed by atoms with Gasteiger partial charge in [0.25, 0.3) is 0 Å². The number of rotatable bonds is 2. The quantitative estimate of drug-likeness (QED) is 0.851. The van der Waals surface area contributed by atoms with Crippen molar-refractivity contribution in [2.45, 2.75) is 0 Å². The van der Waals surface area contributed by atoms with Gasteiger partial charge in [-0.15, -0.1) is 0 Å². The van der Waals surface area contributed by atoms with E-state index in [4.69, 9.17) is 5.73 Å². The maximum atomic E-state index is 9.53. The zero-order valence-electron chi connectivity index (χ0n) is 11.1. The number of anilines is 3. The van der Waals surface area contributed by atoms with E-state index in [1.54, 1.807) is 24.5 Å². The zero-order valence-corrected chi connectivity index (χ0v) is 11.1. The maximum Gasteiger partial charge on any atom is 0.149 e. The summed E-state index contributed by atoms with van der Waals surface area (Å²) in [4.78, 5) is 12.8. The van der Waals surface area contributed by atoms with Gasteiger partial charge in [-0.1, -0.05) is 6.07 Å². The average Bonchev–Trinajstić information content (AvgIpc) is 2.47. The molecule has 1 aromatic heterocycles. The number of nitrogens with two attached hydrogens (primary N) is 1. The number of phenolic OH excluding ortho intramolecular Hbond substituents is 1. The van der Waals surface area contributed by atoms with Gasteiger partial charge in [0, 0.05) is 37.9 Å². The monoisotopic (exact) mass is 271 g/mol. The summed E-state index contributed by atoms with van der Waals surface area (Å²) in [6.07, 6.45) is 3.28. The standard InChI is InChI=1S/C14H17N5O/c15-13-9-16-10-14(17-13)19-6-4-18(5-7-19)11-2-1-3-12(20)8-11/h1-3,8-10,20H,4-7H2,(H2,15,17). The first-order chi connectivity index (χ1) is 9.72. The van der Waals surface area contributed by atoms with Crippen molar-refractivity contribution in [3.05, 3.63) is 36.7 Å². The molecule has 1 aromatic carbocycles. The molecule has 3 N–H and O–H groups in total. The minimum Gasteiger partial charge on any atom is -0.508 e. The average molecular weight is 271 g/mol. The van der Waals surface area contributed by atoms with Crippen molar-refractivity contribution < 1.29 is 5.11 Å². The Kier molecular flexibility index (Phi) is 3.28. The normalized spacial score (nSPS) is 15.4. The van der Waals surface area contributed by atoms with Gasteiger partial charge in [0.05, 0.1) is 12.4 Å². The first-order valence-corrected chi connectivity index (χ1v) is 6.59. The molecule has 0 amide bonds. The zero-order chi connectivity index (χ0) is 13.9. The first kappa shape index (κ1) is 12.5. The molecule has 20 heavy (non-hydrogen) atoms. The number of benzene rings is 1. The van der Waals surface area contributed by atoms with E-state index in [9.17, 15) is 5.11 Å². The fourth-order valence-electron chi connectivity index (χ4n) is 2.41. The molecule has 0 atom stereocenters. The summed E-state index contributed by atoms with van der Waals surface area (Å²) in [5.74, 6) is 1.56. The van der Waals surface area contributed by atoms with Gasteiger partial charge in [-0.3, -0.25) is 4.98 Å². The third-order valence-corrected chi connectivity index (χ3v) is 3.44. The van der Waals surface area contributed by atoms with Crippen LogP contribution in [-0.4, -0.2) is 41.3 Å². The van der Waals surface area contributed by atoms with Crippen LogP contribution < -0.4 is 15.5 Å². The molecule has 0 bridgehead atoms. The summed E-state index contributed by atoms with van der Waals surface area (Å²) in [5.41, 5.74) is 6.71. The fraction of sp³-hybridized carbons (Fsp3) is 0.286. The Balaban J connectivity index is 1.68. The number of hydrogen-bond donors (Lipinski definition) is 2. The third kappa shape index (κ3) is 2.59. The van der Waals surface area contributed by atoms with Gasteiger partial charge in [-0.05, 0) is 12.1 Å². The summed E-state index contributed by atoms with van der Waals surface area (Å²) in [6.45, 7) is 3.46. The van der Waals surface area contributed by atoms with E-state index in [0.29, 0.717) is 11.6 Å². The molecule has 0 unspecified atom stereocenters. The predicted octanol–water partition coefficient (Wildman–Crippen LogP) is 1.09. The van der Waals surface area contributed by atoms with Crippen molar-refractivity contribution >= 4 is 17.3 Å². The second-order valence-electron chi connectivity index (χ2n) is 4.80. The molecule has 1 aliphatic rings. The van der Waals surface area contributed by atoms with E-state index in [0.717, 1.165) is 37.7 Å². The molecule has 2 aromatic rings. The minimum absolute atomic E-state index is 0.298. The number of nitrogen functional groups attached to an aromatic ring is 1. The van der Waals surface area contributed by atoms with E-state index in [2.05, 4.69) is 19.8 Å². The molecular formula is C14H17N5O. The van der Waals surface area contributed by atoms with Gasteiger partial charge in [-0.25, -0.2) is 4.98 Å². The summed E-state index contributed by atoms with van der Waals surface area (Å²) >= 11 is 0. The van der Waals surface area contributed by atoms with E-state index < -0.39 is 0 Å². The van der Waals surface area contributed by atoms with Crippen LogP contribution >= 0.6 is 0 Å². The Morgan fingerprint density at radius 1 is 1.05 bits per heavy atom. The highest BCUT2D eigenvalue weighted by Crippen LogP contribution is 2.22. The highest BCUT2D eigenvalue weighted by atomic mass is 16.3. The van der Waals surface area contributed by atoms with Gasteiger partial charge in [0.1, 0.15) is 17.4 Å². The molecule has 1 fully saturated rings. The third-order valence-electron chi connectivity index (χ3n) is 3.44. The molecular weight excluding hydrogens is 254 g/mol. The molecule has 6 nitrogen and oxygen atoms in total. The van der Waals surface area contributed by atoms with Gasteiger partial charge >= 0.3 is 0 Å². The van der Waals surface area contributed by atoms with Crippen LogP contribution in [0.15, 0.2) is 36.7 Å². The lowest BCUT2D eigenvalue weighted by Gasteiger charge is -2.36. The van der Waals surface area contributed by atoms with Crippen molar-refractivity contribution in [1.82, 2.24) is 9.97 Å². The highest BCUT2D eigenvalue weighted by Gasteiger charge is 2.18. The van der Waals surface area contributed by atoms with Gasteiger partial charge in [0.15, 0.2) is 0 Å². The number of phenols is 1. The van der Waals surface area contributed by atoms with Crippen molar-refractivity contribution in [1.29, 1.82) is 0 Å². The minimum atomic E-state index is 0.298. The van der Waals surface area contributed by atoms with E-state index in [-0.39, 0.29) is 0 Å². The molecule has 0 spiro atoms. The van der Waals surface area contributed by atoms with Gasteiger partial charge in [-0.2, -0.15) is 0 Å². The molecule has 2 heterocycles. The molecule has 0 aliphatic carbocycles. The Hall–Kier alpha value is -2.50. The fourth-order valence-corrected chi connectivity index (χ4v) is 2.41. The van der Waals surface area contributed by atoms with Crippen molar-refractivity contribution in [2.75, 3.05) is 41.7 Å². The SMILES string of the molecule is Nc1cncc(N2CCN(c3cccc(O)c3)CC2)n1. The summed E-state index contributed by atoms with van der Waals surface area (Å²) in [6, 6.07) is 7.34.